The topological polar surface area (TPSA) is 66.1 Å². The summed E-state index contributed by atoms with van der Waals surface area (Å²) in [5, 5.41) is 5.65. The second-order valence-corrected chi connectivity index (χ2v) is 8.42. The quantitative estimate of drug-likeness (QED) is 0.157. The summed E-state index contributed by atoms with van der Waals surface area (Å²) in [6.07, 6.45) is 1.30. The molecule has 0 amide bonds. The molecule has 5 aromatic rings. The summed E-state index contributed by atoms with van der Waals surface area (Å²) < 4.78 is 67.5. The van der Waals surface area contributed by atoms with Gasteiger partial charge in [-0.25, -0.2) is 0 Å². The molecule has 0 aliphatic heterocycles. The zero-order valence-electron chi connectivity index (χ0n) is 16.4. The molecular weight excluding hydrogens is 636 g/mol. The number of alkyl halides is 3. The Morgan fingerprint density at radius 1 is 0.909 bits per heavy atom. The van der Waals surface area contributed by atoms with Crippen LogP contribution in [0.4, 0.5) is 13.2 Å². The first-order valence-corrected chi connectivity index (χ1v) is 10.7. The molecule has 3 aromatic carbocycles. The largest absolute Gasteiger partial charge is 0.534 e. The summed E-state index contributed by atoms with van der Waals surface area (Å²) in [5.41, 5.74) is -2.31. The van der Waals surface area contributed by atoms with E-state index in [-0.39, 0.29) is 20.1 Å². The van der Waals surface area contributed by atoms with E-state index in [0.717, 1.165) is 33.6 Å². The maximum absolute atomic E-state index is 12.6. The van der Waals surface area contributed by atoms with Gasteiger partial charge >= 0.3 is 15.6 Å². The number of para-hydroxylation sites is 2. The number of rotatable bonds is 4. The molecule has 0 fully saturated rings. The first-order valence-electron chi connectivity index (χ1n) is 9.32. The second kappa shape index (κ2) is 8.33. The van der Waals surface area contributed by atoms with E-state index in [0.29, 0.717) is 5.69 Å². The van der Waals surface area contributed by atoms with E-state index in [4.69, 9.17) is 0 Å². The van der Waals surface area contributed by atoms with E-state index in [1.165, 1.54) is 10.9 Å². The van der Waals surface area contributed by atoms with Crippen LogP contribution >= 0.6 is 0 Å². The fraction of sp³-hybridized carbons (Fsp3) is 0.0455. The number of fused-ring (bicyclic) bond motifs is 3. The maximum Gasteiger partial charge on any atom is 0.534 e. The molecule has 11 heteroatoms. The minimum absolute atomic E-state index is 0. The van der Waals surface area contributed by atoms with E-state index in [1.54, 1.807) is 12.1 Å². The van der Waals surface area contributed by atoms with Crippen LogP contribution in [0.15, 0.2) is 79.0 Å². The fourth-order valence-electron chi connectivity index (χ4n) is 3.53. The molecule has 0 saturated heterocycles. The molecule has 0 atom stereocenters. The van der Waals surface area contributed by atoms with Gasteiger partial charge in [0.1, 0.15) is 0 Å². The third kappa shape index (κ3) is 4.03. The Labute approximate surface area is 199 Å². The molecule has 0 saturated carbocycles. The normalized spacial score (nSPS) is 12.1. The van der Waals surface area contributed by atoms with Crippen molar-refractivity contribution in [2.75, 3.05) is 0 Å². The van der Waals surface area contributed by atoms with Crippen LogP contribution in [-0.4, -0.2) is 28.3 Å². The number of hydrogen-bond acceptors (Lipinski definition) is 4. The Bertz CT molecular complexity index is 1560. The van der Waals surface area contributed by atoms with Crippen molar-refractivity contribution in [3.05, 3.63) is 85.1 Å². The molecule has 171 valence electrons. The zero-order chi connectivity index (χ0) is 22.5. The Balaban J connectivity index is 0.00000259. The van der Waals surface area contributed by atoms with Crippen molar-refractivity contribution in [1.29, 1.82) is 0 Å². The molecule has 1 radical (unpaired) electrons. The van der Waals surface area contributed by atoms with E-state index >= 15 is 0 Å². The van der Waals surface area contributed by atoms with Crippen LogP contribution in [0.2, 0.25) is 0 Å². The van der Waals surface area contributed by atoms with E-state index in [1.807, 2.05) is 54.6 Å². The fourth-order valence-corrected chi connectivity index (χ4v) is 3.94. The number of hydrogen-bond donors (Lipinski definition) is 0. The van der Waals surface area contributed by atoms with Crippen molar-refractivity contribution >= 4 is 31.9 Å². The van der Waals surface area contributed by atoms with Crippen LogP contribution in [0.25, 0.3) is 33.2 Å². The molecule has 6 nitrogen and oxygen atoms in total. The van der Waals surface area contributed by atoms with Gasteiger partial charge in [0.15, 0.2) is 0 Å². The van der Waals surface area contributed by atoms with Crippen molar-refractivity contribution in [2.24, 2.45) is 0 Å². The Morgan fingerprint density at radius 2 is 1.61 bits per heavy atom. The number of halogens is 3. The summed E-state index contributed by atoms with van der Waals surface area (Å²) in [6.45, 7) is 0. The average molecular weight is 649 g/mol. The van der Waals surface area contributed by atoms with Crippen molar-refractivity contribution in [3.63, 3.8) is 0 Å². The Hall–Kier alpha value is -3.14. The minimum Gasteiger partial charge on any atom is -0.364 e. The molecular formula is C22H13F3IrN3O3S-. The zero-order valence-corrected chi connectivity index (χ0v) is 19.7. The maximum atomic E-state index is 12.6. The van der Waals surface area contributed by atoms with Gasteiger partial charge in [-0.2, -0.15) is 33.7 Å². The van der Waals surface area contributed by atoms with Gasteiger partial charge in [0.25, 0.3) is 5.88 Å². The van der Waals surface area contributed by atoms with Gasteiger partial charge in [0.2, 0.25) is 0 Å². The summed E-state index contributed by atoms with van der Waals surface area (Å²) in [6, 6.07) is 25.2. The molecule has 0 aliphatic rings. The van der Waals surface area contributed by atoms with Crippen LogP contribution < -0.4 is 4.18 Å². The first kappa shape index (κ1) is 23.0. The second-order valence-electron chi connectivity index (χ2n) is 6.89. The third-order valence-electron chi connectivity index (χ3n) is 4.89. The van der Waals surface area contributed by atoms with Gasteiger partial charge in [-0.3, -0.25) is 4.68 Å². The monoisotopic (exact) mass is 649 g/mol. The predicted molar refractivity (Wildman–Crippen MR) is 112 cm³/mol. The van der Waals surface area contributed by atoms with Gasteiger partial charge in [-0.05, 0) is 29.3 Å². The molecule has 0 N–H and O–H groups in total. The van der Waals surface area contributed by atoms with E-state index in [2.05, 4.69) is 19.9 Å². The van der Waals surface area contributed by atoms with Crippen molar-refractivity contribution < 1.29 is 45.9 Å². The summed E-state index contributed by atoms with van der Waals surface area (Å²) >= 11 is 0. The van der Waals surface area contributed by atoms with E-state index in [9.17, 15) is 21.6 Å². The summed E-state index contributed by atoms with van der Waals surface area (Å²) in [5.74, 6) is -0.692. The molecule has 2 aromatic heterocycles. The standard InChI is InChI=1S/C22H13F3N3O3S.Ir/c23-22(24,25)32(29,30)31-21-12-13-27(26-21)16-10-11-20-18(14-16)17-8-4-5-9-19(17)28(20)15-6-2-1-3-7-15;/h1-9,11-14H;/q-1;. The van der Waals surface area contributed by atoms with Crippen molar-refractivity contribution in [2.45, 2.75) is 5.51 Å². The molecule has 33 heavy (non-hydrogen) atoms. The smallest absolute Gasteiger partial charge is 0.364 e. The number of nitrogens with zero attached hydrogens (tertiary/aromatic N) is 3. The van der Waals surface area contributed by atoms with Gasteiger partial charge in [0, 0.05) is 43.6 Å². The molecule has 0 aliphatic carbocycles. The average Bonchev–Trinajstić information content (AvgIpc) is 3.35. The summed E-state index contributed by atoms with van der Waals surface area (Å²) in [4.78, 5) is 0. The first-order chi connectivity index (χ1) is 15.2. The van der Waals surface area contributed by atoms with E-state index < -0.39 is 21.5 Å². The van der Waals surface area contributed by atoms with Crippen LogP contribution in [0.1, 0.15) is 0 Å². The molecule has 0 bridgehead atoms. The number of aromatic nitrogens is 3. The predicted octanol–water partition coefficient (Wildman–Crippen LogP) is 5.00. The van der Waals surface area contributed by atoms with Crippen molar-refractivity contribution in [3.8, 4) is 17.3 Å². The molecule has 5 rings (SSSR count). The third-order valence-corrected chi connectivity index (χ3v) is 5.85. The van der Waals surface area contributed by atoms with Gasteiger partial charge in [-0.15, -0.1) is 16.6 Å². The van der Waals surface area contributed by atoms with Crippen LogP contribution in [0, 0.1) is 6.07 Å². The SMILES string of the molecule is O=S(=O)(Oc1ccn(-c2[c-]cc3c(c2)c2ccccc2n3-c2ccccc2)n1)C(F)(F)F.[Ir]. The van der Waals surface area contributed by atoms with Crippen LogP contribution in [-0.2, 0) is 30.2 Å². The Morgan fingerprint density at radius 3 is 2.33 bits per heavy atom. The Kier molecular flexibility index (Phi) is 5.81. The minimum atomic E-state index is -5.80. The van der Waals surface area contributed by atoms with Crippen LogP contribution in [0.5, 0.6) is 5.88 Å². The van der Waals surface area contributed by atoms with Gasteiger partial charge < -0.3 is 8.75 Å². The molecule has 0 unspecified atom stereocenters. The van der Waals surface area contributed by atoms with Crippen molar-refractivity contribution in [1.82, 2.24) is 14.3 Å². The van der Waals surface area contributed by atoms with Crippen LogP contribution in [0.3, 0.4) is 0 Å². The molecule has 2 heterocycles. The number of benzene rings is 3. The molecule has 0 spiro atoms. The van der Waals surface area contributed by atoms with Gasteiger partial charge in [-0.1, -0.05) is 41.9 Å². The van der Waals surface area contributed by atoms with Gasteiger partial charge in [0.05, 0.1) is 0 Å². The summed E-state index contributed by atoms with van der Waals surface area (Å²) in [7, 11) is -5.80.